The van der Waals surface area contributed by atoms with Crippen molar-refractivity contribution in [2.45, 2.75) is 65.4 Å². The molecular weight excluding hydrogens is 544 g/mol. The van der Waals surface area contributed by atoms with Crippen molar-refractivity contribution in [3.63, 3.8) is 0 Å². The highest BCUT2D eigenvalue weighted by Crippen LogP contribution is 2.36. The summed E-state index contributed by atoms with van der Waals surface area (Å²) in [5.41, 5.74) is 7.18. The van der Waals surface area contributed by atoms with Crippen molar-refractivity contribution in [2.75, 3.05) is 0 Å². The quantitative estimate of drug-likeness (QED) is 0.222. The number of hydrogen-bond donors (Lipinski definition) is 1. The van der Waals surface area contributed by atoms with Gasteiger partial charge in [0, 0.05) is 41.1 Å². The SMILES string of the molecule is CCCCc1nc(C)n(-c2ccc3c(c2)CC(C)(C)O3)c(=O)c1Cc1ccc(-c2ccccc2-c2nsc(=O)[nH]2)cc1. The Morgan fingerprint density at radius 3 is 2.50 bits per heavy atom. The Balaban J connectivity index is 1.36. The number of aromatic amines is 1. The molecule has 0 fully saturated rings. The summed E-state index contributed by atoms with van der Waals surface area (Å²) in [5.74, 6) is 2.14. The van der Waals surface area contributed by atoms with Crippen LogP contribution in [-0.4, -0.2) is 24.5 Å². The van der Waals surface area contributed by atoms with Crippen molar-refractivity contribution in [1.29, 1.82) is 0 Å². The molecule has 2 aromatic heterocycles. The normalized spacial score (nSPS) is 13.6. The third-order valence-corrected chi connectivity index (χ3v) is 8.31. The number of H-pyrrole nitrogens is 1. The number of nitrogens with one attached hydrogen (secondary N) is 1. The highest BCUT2D eigenvalue weighted by atomic mass is 32.1. The van der Waals surface area contributed by atoms with E-state index in [2.05, 4.69) is 60.5 Å². The summed E-state index contributed by atoms with van der Waals surface area (Å²) in [6.45, 7) is 8.22. The molecule has 7 nitrogen and oxygen atoms in total. The van der Waals surface area contributed by atoms with Gasteiger partial charge in [-0.05, 0) is 68.5 Å². The number of fused-ring (bicyclic) bond motifs is 1. The van der Waals surface area contributed by atoms with E-state index in [1.54, 1.807) is 4.57 Å². The van der Waals surface area contributed by atoms with Crippen molar-refractivity contribution in [1.82, 2.24) is 18.9 Å². The second-order valence-electron chi connectivity index (χ2n) is 11.5. The van der Waals surface area contributed by atoms with E-state index in [0.29, 0.717) is 18.1 Å². The first-order chi connectivity index (χ1) is 20.2. The van der Waals surface area contributed by atoms with Crippen molar-refractivity contribution >= 4 is 11.5 Å². The molecule has 0 atom stereocenters. The van der Waals surface area contributed by atoms with Crippen LogP contribution < -0.4 is 15.2 Å². The Morgan fingerprint density at radius 1 is 1.02 bits per heavy atom. The Kier molecular flexibility index (Phi) is 7.41. The summed E-state index contributed by atoms with van der Waals surface area (Å²) in [7, 11) is 0. The third kappa shape index (κ3) is 5.46. The van der Waals surface area contributed by atoms with Crippen LogP contribution in [0.3, 0.4) is 0 Å². The van der Waals surface area contributed by atoms with Gasteiger partial charge in [0.2, 0.25) is 0 Å². The maximum absolute atomic E-state index is 14.2. The van der Waals surface area contributed by atoms with Gasteiger partial charge in [-0.15, -0.1) is 0 Å². The number of ether oxygens (including phenoxy) is 1. The number of benzene rings is 3. The van der Waals surface area contributed by atoms with E-state index in [4.69, 9.17) is 9.72 Å². The van der Waals surface area contributed by atoms with E-state index < -0.39 is 0 Å². The van der Waals surface area contributed by atoms with E-state index in [9.17, 15) is 9.59 Å². The Morgan fingerprint density at radius 2 is 1.79 bits per heavy atom. The summed E-state index contributed by atoms with van der Waals surface area (Å²) >= 11 is 0.916. The van der Waals surface area contributed by atoms with E-state index in [-0.39, 0.29) is 16.0 Å². The zero-order valence-electron chi connectivity index (χ0n) is 24.4. The lowest BCUT2D eigenvalue weighted by Gasteiger charge is -2.17. The summed E-state index contributed by atoms with van der Waals surface area (Å²) in [5, 5.41) is 0. The van der Waals surface area contributed by atoms with E-state index in [0.717, 1.165) is 87.7 Å². The molecular formula is C34H34N4O3S. The molecule has 1 aliphatic heterocycles. The van der Waals surface area contributed by atoms with Crippen LogP contribution in [0.4, 0.5) is 0 Å². The first kappa shape index (κ1) is 27.8. The zero-order valence-corrected chi connectivity index (χ0v) is 25.2. The Bertz CT molecular complexity index is 1880. The standard InChI is InChI=1S/C34H34N4O3S/c1-5-6-11-29-28(32(39)38(21(2)35-29)25-16-17-30-24(19-25)20-34(3,4)41-30)18-22-12-14-23(15-13-22)26-9-7-8-10-27(26)31-36-33(40)42-37-31/h7-10,12-17,19H,5-6,11,18,20H2,1-4H3,(H,36,37,40). The van der Waals surface area contributed by atoms with Gasteiger partial charge >= 0.3 is 4.87 Å². The summed E-state index contributed by atoms with van der Waals surface area (Å²) in [6.07, 6.45) is 4.07. The average molecular weight is 579 g/mol. The van der Waals surface area contributed by atoms with Crippen LogP contribution in [0.5, 0.6) is 5.75 Å². The largest absolute Gasteiger partial charge is 0.487 e. The van der Waals surface area contributed by atoms with Crippen molar-refractivity contribution in [3.8, 4) is 34.0 Å². The highest BCUT2D eigenvalue weighted by molar-refractivity contribution is 7.03. The number of aromatic nitrogens is 4. The molecule has 3 heterocycles. The molecule has 0 bridgehead atoms. The lowest BCUT2D eigenvalue weighted by Crippen LogP contribution is -2.28. The van der Waals surface area contributed by atoms with Gasteiger partial charge in [0.25, 0.3) is 5.56 Å². The highest BCUT2D eigenvalue weighted by Gasteiger charge is 2.30. The maximum Gasteiger partial charge on any atom is 0.323 e. The minimum Gasteiger partial charge on any atom is -0.487 e. The number of unbranched alkanes of at least 4 members (excludes halogenated alkanes) is 1. The van der Waals surface area contributed by atoms with Gasteiger partial charge in [-0.3, -0.25) is 19.1 Å². The molecule has 8 heteroatoms. The molecule has 0 radical (unpaired) electrons. The lowest BCUT2D eigenvalue weighted by molar-refractivity contribution is 0.138. The molecule has 0 saturated carbocycles. The van der Waals surface area contributed by atoms with Gasteiger partial charge in [0.1, 0.15) is 17.2 Å². The lowest BCUT2D eigenvalue weighted by atomic mass is 9.96. The number of hydrogen-bond acceptors (Lipinski definition) is 6. The Labute approximate surface area is 249 Å². The fraction of sp³-hybridized carbons (Fsp3) is 0.294. The second kappa shape index (κ2) is 11.2. The molecule has 0 unspecified atom stereocenters. The fourth-order valence-electron chi connectivity index (χ4n) is 5.78. The topological polar surface area (TPSA) is 89.9 Å². The third-order valence-electron chi connectivity index (χ3n) is 7.77. The second-order valence-corrected chi connectivity index (χ2v) is 12.3. The van der Waals surface area contributed by atoms with Crippen molar-refractivity contribution < 1.29 is 4.74 Å². The van der Waals surface area contributed by atoms with Crippen LogP contribution in [0, 0.1) is 6.92 Å². The van der Waals surface area contributed by atoms with Crippen LogP contribution in [-0.2, 0) is 19.3 Å². The van der Waals surface area contributed by atoms with Crippen LogP contribution in [0.25, 0.3) is 28.2 Å². The van der Waals surface area contributed by atoms with Gasteiger partial charge in [-0.1, -0.05) is 61.9 Å². The number of rotatable bonds is 8. The first-order valence-corrected chi connectivity index (χ1v) is 15.2. The maximum atomic E-state index is 14.2. The summed E-state index contributed by atoms with van der Waals surface area (Å²) in [4.78, 5) is 33.5. The van der Waals surface area contributed by atoms with E-state index in [1.165, 1.54) is 0 Å². The molecule has 5 aromatic rings. The summed E-state index contributed by atoms with van der Waals surface area (Å²) in [6, 6.07) is 22.1. The van der Waals surface area contributed by atoms with Gasteiger partial charge in [0.05, 0.1) is 11.4 Å². The molecule has 0 spiro atoms. The van der Waals surface area contributed by atoms with Gasteiger partial charge in [0.15, 0.2) is 5.82 Å². The smallest absolute Gasteiger partial charge is 0.323 e. The monoisotopic (exact) mass is 578 g/mol. The van der Waals surface area contributed by atoms with Crippen LogP contribution >= 0.6 is 11.5 Å². The first-order valence-electron chi connectivity index (χ1n) is 14.4. The minimum atomic E-state index is -0.251. The minimum absolute atomic E-state index is 0.0198. The Hall–Kier alpha value is -4.30. The number of aryl methyl sites for hydroxylation is 2. The van der Waals surface area contributed by atoms with Crippen LogP contribution in [0.2, 0.25) is 0 Å². The van der Waals surface area contributed by atoms with E-state index in [1.807, 2.05) is 43.3 Å². The van der Waals surface area contributed by atoms with Gasteiger partial charge in [-0.2, -0.15) is 4.37 Å². The summed E-state index contributed by atoms with van der Waals surface area (Å²) < 4.78 is 12.1. The molecule has 0 amide bonds. The number of nitrogens with zero attached hydrogens (tertiary/aromatic N) is 3. The molecule has 0 aliphatic carbocycles. The molecule has 1 aliphatic rings. The zero-order chi connectivity index (χ0) is 29.4. The fourth-order valence-corrected chi connectivity index (χ4v) is 6.24. The van der Waals surface area contributed by atoms with Crippen molar-refractivity contribution in [2.24, 2.45) is 0 Å². The molecule has 3 aromatic carbocycles. The van der Waals surface area contributed by atoms with Crippen LogP contribution in [0.15, 0.2) is 76.3 Å². The predicted molar refractivity (Wildman–Crippen MR) is 168 cm³/mol. The van der Waals surface area contributed by atoms with Crippen LogP contribution in [0.1, 0.15) is 61.8 Å². The molecule has 0 saturated heterocycles. The molecule has 6 rings (SSSR count). The predicted octanol–water partition coefficient (Wildman–Crippen LogP) is 6.67. The molecule has 42 heavy (non-hydrogen) atoms. The molecule has 1 N–H and O–H groups in total. The van der Waals surface area contributed by atoms with Crippen molar-refractivity contribution in [3.05, 3.63) is 115 Å². The van der Waals surface area contributed by atoms with Gasteiger partial charge < -0.3 is 4.74 Å². The molecule has 214 valence electrons. The van der Waals surface area contributed by atoms with E-state index >= 15 is 0 Å². The van der Waals surface area contributed by atoms with Gasteiger partial charge in [-0.25, -0.2) is 4.98 Å². The average Bonchev–Trinajstić information content (AvgIpc) is 3.54.